The van der Waals surface area contributed by atoms with Crippen LogP contribution in [0.15, 0.2) is 0 Å². The maximum absolute atomic E-state index is 12.0. The Kier molecular flexibility index (Phi) is 4.40. The van der Waals surface area contributed by atoms with Gasteiger partial charge < -0.3 is 10.6 Å². The molecule has 0 aliphatic carbocycles. The molecule has 2 unspecified atom stereocenters. The Morgan fingerprint density at radius 2 is 2.06 bits per heavy atom. The van der Waals surface area contributed by atoms with E-state index in [2.05, 4.69) is 4.90 Å². The van der Waals surface area contributed by atoms with E-state index in [1.807, 2.05) is 11.8 Å². The monoisotopic (exact) mass is 239 g/mol. The van der Waals surface area contributed by atoms with Crippen molar-refractivity contribution in [3.05, 3.63) is 0 Å². The van der Waals surface area contributed by atoms with E-state index in [0.717, 1.165) is 25.9 Å². The zero-order valence-corrected chi connectivity index (χ0v) is 10.9. The second-order valence-corrected chi connectivity index (χ2v) is 5.40. The lowest BCUT2D eigenvalue weighted by atomic mass is 10.1. The molecular formula is C13H25N3O. The highest BCUT2D eigenvalue weighted by molar-refractivity contribution is 5.77. The van der Waals surface area contributed by atoms with E-state index in [1.165, 1.54) is 25.9 Å². The molecular weight excluding hydrogens is 214 g/mol. The third-order valence-electron chi connectivity index (χ3n) is 4.13. The standard InChI is InChI=1S/C13H25N3O/c1-2-11(14)9-13(17)16-8-5-12(10-16)15-6-3-4-7-15/h11-12H,2-10,14H2,1H3. The number of carbonyl (C=O) groups excluding carboxylic acids is 1. The van der Waals surface area contributed by atoms with Gasteiger partial charge in [0.05, 0.1) is 0 Å². The van der Waals surface area contributed by atoms with Gasteiger partial charge in [-0.15, -0.1) is 0 Å². The fourth-order valence-electron chi connectivity index (χ4n) is 2.87. The van der Waals surface area contributed by atoms with Gasteiger partial charge in [0.25, 0.3) is 0 Å². The molecule has 1 amide bonds. The molecule has 2 N–H and O–H groups in total. The third-order valence-corrected chi connectivity index (χ3v) is 4.13. The molecule has 0 bridgehead atoms. The molecule has 2 fully saturated rings. The fourth-order valence-corrected chi connectivity index (χ4v) is 2.87. The van der Waals surface area contributed by atoms with E-state index in [0.29, 0.717) is 12.5 Å². The summed E-state index contributed by atoms with van der Waals surface area (Å²) in [5.74, 6) is 0.251. The number of hydrogen-bond acceptors (Lipinski definition) is 3. The van der Waals surface area contributed by atoms with Crippen LogP contribution in [0.3, 0.4) is 0 Å². The van der Waals surface area contributed by atoms with Gasteiger partial charge in [0.15, 0.2) is 0 Å². The van der Waals surface area contributed by atoms with E-state index in [9.17, 15) is 4.79 Å². The van der Waals surface area contributed by atoms with Crippen molar-refractivity contribution >= 4 is 5.91 Å². The van der Waals surface area contributed by atoms with Crippen LogP contribution in [0.5, 0.6) is 0 Å². The smallest absolute Gasteiger partial charge is 0.224 e. The van der Waals surface area contributed by atoms with Crippen molar-refractivity contribution in [3.63, 3.8) is 0 Å². The van der Waals surface area contributed by atoms with Gasteiger partial charge in [-0.25, -0.2) is 0 Å². The zero-order valence-electron chi connectivity index (χ0n) is 10.9. The van der Waals surface area contributed by atoms with E-state index in [-0.39, 0.29) is 11.9 Å². The second-order valence-electron chi connectivity index (χ2n) is 5.40. The topological polar surface area (TPSA) is 49.6 Å². The van der Waals surface area contributed by atoms with Crippen LogP contribution in [-0.2, 0) is 4.79 Å². The Balaban J connectivity index is 1.78. The SMILES string of the molecule is CCC(N)CC(=O)N1CCC(N2CCCC2)C1. The maximum atomic E-state index is 12.0. The first-order valence-corrected chi connectivity index (χ1v) is 6.98. The number of carbonyl (C=O) groups is 1. The number of nitrogens with zero attached hydrogens (tertiary/aromatic N) is 2. The highest BCUT2D eigenvalue weighted by atomic mass is 16.2. The quantitative estimate of drug-likeness (QED) is 0.790. The van der Waals surface area contributed by atoms with Crippen molar-refractivity contribution in [2.45, 2.75) is 51.1 Å². The van der Waals surface area contributed by atoms with E-state index in [4.69, 9.17) is 5.73 Å². The third kappa shape index (κ3) is 3.19. The van der Waals surface area contributed by atoms with Crippen LogP contribution in [0, 0.1) is 0 Å². The van der Waals surface area contributed by atoms with E-state index < -0.39 is 0 Å². The first-order valence-electron chi connectivity index (χ1n) is 6.98. The molecule has 4 nitrogen and oxygen atoms in total. The van der Waals surface area contributed by atoms with Crippen LogP contribution >= 0.6 is 0 Å². The van der Waals surface area contributed by atoms with Gasteiger partial charge in [-0.3, -0.25) is 9.69 Å². The normalized spacial score (nSPS) is 27.6. The molecule has 2 aliphatic rings. The van der Waals surface area contributed by atoms with Crippen molar-refractivity contribution in [2.75, 3.05) is 26.2 Å². The van der Waals surface area contributed by atoms with Crippen molar-refractivity contribution in [2.24, 2.45) is 5.73 Å². The summed E-state index contributed by atoms with van der Waals surface area (Å²) in [6.45, 7) is 6.34. The molecule has 0 aromatic carbocycles. The molecule has 0 aromatic rings. The van der Waals surface area contributed by atoms with Gasteiger partial charge in [-0.1, -0.05) is 6.92 Å². The minimum absolute atomic E-state index is 0.0355. The van der Waals surface area contributed by atoms with Gasteiger partial charge >= 0.3 is 0 Å². The van der Waals surface area contributed by atoms with Crippen LogP contribution in [0.25, 0.3) is 0 Å². The first-order chi connectivity index (χ1) is 8.20. The Morgan fingerprint density at radius 3 is 2.71 bits per heavy atom. The van der Waals surface area contributed by atoms with Crippen molar-refractivity contribution in [3.8, 4) is 0 Å². The molecule has 2 atom stereocenters. The summed E-state index contributed by atoms with van der Waals surface area (Å²) in [6, 6.07) is 0.646. The van der Waals surface area contributed by atoms with Crippen molar-refractivity contribution in [1.82, 2.24) is 9.80 Å². The Bertz CT molecular complexity index is 263. The van der Waals surface area contributed by atoms with Gasteiger partial charge in [0, 0.05) is 31.6 Å². The van der Waals surface area contributed by atoms with Crippen LogP contribution in [0.4, 0.5) is 0 Å². The molecule has 0 radical (unpaired) electrons. The number of hydrogen-bond donors (Lipinski definition) is 1. The van der Waals surface area contributed by atoms with Gasteiger partial charge in [-0.05, 0) is 38.8 Å². The number of amides is 1. The lowest BCUT2D eigenvalue weighted by Gasteiger charge is -2.24. The first kappa shape index (κ1) is 12.8. The summed E-state index contributed by atoms with van der Waals surface area (Å²) in [5.41, 5.74) is 5.84. The summed E-state index contributed by atoms with van der Waals surface area (Å²) in [7, 11) is 0. The molecule has 98 valence electrons. The Labute approximate surface area is 104 Å². The largest absolute Gasteiger partial charge is 0.341 e. The molecule has 2 heterocycles. The molecule has 0 aromatic heterocycles. The number of likely N-dealkylation sites (tertiary alicyclic amines) is 2. The molecule has 0 spiro atoms. The van der Waals surface area contributed by atoms with Crippen LogP contribution in [0.1, 0.15) is 39.0 Å². The lowest BCUT2D eigenvalue weighted by Crippen LogP contribution is -2.38. The molecule has 2 rings (SSSR count). The van der Waals surface area contributed by atoms with E-state index >= 15 is 0 Å². The molecule has 2 aliphatic heterocycles. The second kappa shape index (κ2) is 5.83. The van der Waals surface area contributed by atoms with Crippen LogP contribution in [-0.4, -0.2) is 54.0 Å². The Hall–Kier alpha value is -0.610. The lowest BCUT2D eigenvalue weighted by molar-refractivity contribution is -0.130. The predicted octanol–water partition coefficient (Wildman–Crippen LogP) is 0.811. The van der Waals surface area contributed by atoms with Gasteiger partial charge in [-0.2, -0.15) is 0 Å². The minimum atomic E-state index is 0.0355. The van der Waals surface area contributed by atoms with E-state index in [1.54, 1.807) is 0 Å². The average Bonchev–Trinajstić information content (AvgIpc) is 2.98. The summed E-state index contributed by atoms with van der Waals surface area (Å²) >= 11 is 0. The van der Waals surface area contributed by atoms with Gasteiger partial charge in [0.2, 0.25) is 5.91 Å². The average molecular weight is 239 g/mol. The predicted molar refractivity (Wildman–Crippen MR) is 68.7 cm³/mol. The highest BCUT2D eigenvalue weighted by Crippen LogP contribution is 2.21. The zero-order chi connectivity index (χ0) is 12.3. The fraction of sp³-hybridized carbons (Fsp3) is 0.923. The van der Waals surface area contributed by atoms with Crippen LogP contribution in [0.2, 0.25) is 0 Å². The summed E-state index contributed by atoms with van der Waals surface area (Å²) in [6.07, 6.45) is 5.20. The maximum Gasteiger partial charge on any atom is 0.224 e. The van der Waals surface area contributed by atoms with Gasteiger partial charge in [0.1, 0.15) is 0 Å². The van der Waals surface area contributed by atoms with Crippen molar-refractivity contribution < 1.29 is 4.79 Å². The molecule has 2 saturated heterocycles. The summed E-state index contributed by atoms with van der Waals surface area (Å²) < 4.78 is 0. The molecule has 17 heavy (non-hydrogen) atoms. The minimum Gasteiger partial charge on any atom is -0.341 e. The number of nitrogens with two attached hydrogens (primary N) is 1. The highest BCUT2D eigenvalue weighted by Gasteiger charge is 2.31. The Morgan fingerprint density at radius 1 is 1.35 bits per heavy atom. The summed E-state index contributed by atoms with van der Waals surface area (Å²) in [4.78, 5) is 16.6. The van der Waals surface area contributed by atoms with Crippen molar-refractivity contribution in [1.29, 1.82) is 0 Å². The number of rotatable bonds is 4. The molecule has 4 heteroatoms. The molecule has 0 saturated carbocycles. The van der Waals surface area contributed by atoms with Crippen LogP contribution < -0.4 is 5.73 Å². The summed E-state index contributed by atoms with van der Waals surface area (Å²) in [5, 5.41) is 0.